The number of carbonyl (C=O) groups is 1. The highest BCUT2D eigenvalue weighted by molar-refractivity contribution is 5.75. The van der Waals surface area contributed by atoms with Gasteiger partial charge in [-0.15, -0.1) is 0 Å². The Balaban J connectivity index is 1.66. The lowest BCUT2D eigenvalue weighted by Gasteiger charge is -2.46. The largest absolute Gasteiger partial charge is 0.394 e. The average Bonchev–Trinajstić information content (AvgIpc) is 3.01. The zero-order valence-electron chi connectivity index (χ0n) is 24.7. The molecular formula is C27H49NO16. The molecule has 0 aromatic heterocycles. The summed E-state index contributed by atoms with van der Waals surface area (Å²) < 4.78 is 33.4. The lowest BCUT2D eigenvalue weighted by atomic mass is 9.97. The van der Waals surface area contributed by atoms with E-state index in [2.05, 4.69) is 12.2 Å². The van der Waals surface area contributed by atoms with E-state index < -0.39 is 106 Å². The van der Waals surface area contributed by atoms with Gasteiger partial charge in [-0.2, -0.15) is 0 Å². The van der Waals surface area contributed by atoms with Crippen molar-refractivity contribution in [1.29, 1.82) is 0 Å². The van der Waals surface area contributed by atoms with Gasteiger partial charge in [-0.25, -0.2) is 0 Å². The second-order valence-corrected chi connectivity index (χ2v) is 11.3. The van der Waals surface area contributed by atoms with Gasteiger partial charge in [0.1, 0.15) is 54.9 Å². The molecule has 0 saturated carbocycles. The van der Waals surface area contributed by atoms with Gasteiger partial charge in [0.25, 0.3) is 0 Å². The first-order valence-corrected chi connectivity index (χ1v) is 15.1. The fraction of sp³-hybridized carbons (Fsp3) is 0.963. The molecule has 44 heavy (non-hydrogen) atoms. The summed E-state index contributed by atoms with van der Waals surface area (Å²) in [6.07, 6.45) is -17.0. The van der Waals surface area contributed by atoms with E-state index in [4.69, 9.17) is 28.4 Å². The van der Waals surface area contributed by atoms with Crippen LogP contribution in [0.3, 0.4) is 0 Å². The van der Waals surface area contributed by atoms with Crippen molar-refractivity contribution in [2.24, 2.45) is 0 Å². The Labute approximate surface area is 255 Å². The molecule has 17 nitrogen and oxygen atoms in total. The lowest BCUT2D eigenvalue weighted by Crippen LogP contribution is -2.65. The van der Waals surface area contributed by atoms with Gasteiger partial charge in [0.15, 0.2) is 18.9 Å². The van der Waals surface area contributed by atoms with Crippen LogP contribution in [0.4, 0.5) is 0 Å². The van der Waals surface area contributed by atoms with Crippen molar-refractivity contribution >= 4 is 5.91 Å². The summed E-state index contributed by atoms with van der Waals surface area (Å²) in [5.74, 6) is -0.172. The highest BCUT2D eigenvalue weighted by Crippen LogP contribution is 2.30. The summed E-state index contributed by atoms with van der Waals surface area (Å²) >= 11 is 0. The molecule has 3 saturated heterocycles. The quantitative estimate of drug-likeness (QED) is 0.0711. The molecule has 0 unspecified atom stereocenters. The third-order valence-corrected chi connectivity index (χ3v) is 7.88. The Morgan fingerprint density at radius 1 is 0.750 bits per heavy atom. The van der Waals surface area contributed by atoms with Crippen LogP contribution in [-0.4, -0.2) is 171 Å². The fourth-order valence-corrected chi connectivity index (χ4v) is 5.20. The maximum absolute atomic E-state index is 12.1. The fourth-order valence-electron chi connectivity index (χ4n) is 5.20. The predicted molar refractivity (Wildman–Crippen MR) is 145 cm³/mol. The number of aliphatic hydroxyl groups is 9. The Hall–Kier alpha value is -1.13. The smallest absolute Gasteiger partial charge is 0.220 e. The minimum Gasteiger partial charge on any atom is -0.394 e. The Morgan fingerprint density at radius 2 is 1.45 bits per heavy atom. The van der Waals surface area contributed by atoms with E-state index in [1.807, 2.05) is 0 Å². The van der Waals surface area contributed by atoms with E-state index in [0.717, 1.165) is 25.7 Å². The molecule has 258 valence electrons. The first-order valence-electron chi connectivity index (χ1n) is 15.1. The molecule has 0 spiro atoms. The van der Waals surface area contributed by atoms with E-state index in [9.17, 15) is 50.8 Å². The van der Waals surface area contributed by atoms with Gasteiger partial charge in [0.05, 0.1) is 38.6 Å². The molecule has 3 heterocycles. The SMILES string of the molecule is CCCCCCC(=O)NCCO[C@H]1O[C@H](CO[C@H]2O[C@H](CO)C[C@H](O)[C@@H]2O)[C@@H](O)[C@H](O[C@H]2O[C@H](CO)[C@@H](O)[C@H](O)[C@@H]2O)[C@@H]1O. The summed E-state index contributed by atoms with van der Waals surface area (Å²) in [6.45, 7) is 0.346. The van der Waals surface area contributed by atoms with Crippen LogP contribution in [-0.2, 0) is 33.2 Å². The van der Waals surface area contributed by atoms with Gasteiger partial charge in [-0.05, 0) is 6.42 Å². The molecule has 3 fully saturated rings. The third-order valence-electron chi connectivity index (χ3n) is 7.88. The number of amides is 1. The third kappa shape index (κ3) is 9.93. The zero-order valence-corrected chi connectivity index (χ0v) is 24.7. The van der Waals surface area contributed by atoms with Crippen molar-refractivity contribution < 1.29 is 79.2 Å². The van der Waals surface area contributed by atoms with Crippen LogP contribution in [0.1, 0.15) is 45.4 Å². The Kier molecular flexibility index (Phi) is 15.5. The van der Waals surface area contributed by atoms with Gasteiger partial charge < -0.3 is 79.7 Å². The maximum atomic E-state index is 12.1. The van der Waals surface area contributed by atoms with Crippen LogP contribution in [0, 0.1) is 0 Å². The van der Waals surface area contributed by atoms with Crippen LogP contribution in [0.25, 0.3) is 0 Å². The molecule has 17 heteroatoms. The number of unbranched alkanes of at least 4 members (excludes halogenated alkanes) is 3. The minimum atomic E-state index is -1.83. The Morgan fingerprint density at radius 3 is 2.14 bits per heavy atom. The van der Waals surface area contributed by atoms with Gasteiger partial charge in [-0.3, -0.25) is 4.79 Å². The van der Waals surface area contributed by atoms with Crippen molar-refractivity contribution in [2.45, 2.75) is 131 Å². The van der Waals surface area contributed by atoms with Crippen molar-refractivity contribution in [3.05, 3.63) is 0 Å². The highest BCUT2D eigenvalue weighted by Gasteiger charge is 2.51. The van der Waals surface area contributed by atoms with Gasteiger partial charge >= 0.3 is 0 Å². The number of aliphatic hydroxyl groups excluding tert-OH is 9. The van der Waals surface area contributed by atoms with Crippen LogP contribution in [0.5, 0.6) is 0 Å². The van der Waals surface area contributed by atoms with E-state index >= 15 is 0 Å². The van der Waals surface area contributed by atoms with Gasteiger partial charge in [-0.1, -0.05) is 26.2 Å². The summed E-state index contributed by atoms with van der Waals surface area (Å²) in [5.41, 5.74) is 0. The van der Waals surface area contributed by atoms with E-state index in [1.165, 1.54) is 0 Å². The number of ether oxygens (including phenoxy) is 6. The molecule has 1 amide bonds. The normalized spacial score (nSPS) is 41.4. The summed E-state index contributed by atoms with van der Waals surface area (Å²) in [6, 6.07) is 0. The average molecular weight is 644 g/mol. The molecule has 14 atom stereocenters. The monoisotopic (exact) mass is 643 g/mol. The van der Waals surface area contributed by atoms with Crippen LogP contribution in [0.2, 0.25) is 0 Å². The van der Waals surface area contributed by atoms with Gasteiger partial charge in [0.2, 0.25) is 5.91 Å². The van der Waals surface area contributed by atoms with Crippen LogP contribution < -0.4 is 5.32 Å². The molecule has 0 aromatic carbocycles. The number of carbonyl (C=O) groups excluding carboxylic acids is 1. The molecule has 0 bridgehead atoms. The highest BCUT2D eigenvalue weighted by atomic mass is 16.7. The summed E-state index contributed by atoms with van der Waals surface area (Å²) in [7, 11) is 0. The molecule has 0 aromatic rings. The minimum absolute atomic E-state index is 0.0352. The maximum Gasteiger partial charge on any atom is 0.220 e. The van der Waals surface area contributed by atoms with Crippen molar-refractivity contribution in [3.8, 4) is 0 Å². The van der Waals surface area contributed by atoms with Gasteiger partial charge in [0, 0.05) is 19.4 Å². The van der Waals surface area contributed by atoms with E-state index in [1.54, 1.807) is 0 Å². The van der Waals surface area contributed by atoms with Crippen molar-refractivity contribution in [2.75, 3.05) is 33.0 Å². The second kappa shape index (κ2) is 18.3. The van der Waals surface area contributed by atoms with Crippen LogP contribution >= 0.6 is 0 Å². The molecular weight excluding hydrogens is 594 g/mol. The number of rotatable bonds is 16. The number of hydrogen-bond donors (Lipinski definition) is 10. The molecule has 3 aliphatic rings. The second-order valence-electron chi connectivity index (χ2n) is 11.3. The van der Waals surface area contributed by atoms with Crippen molar-refractivity contribution in [3.63, 3.8) is 0 Å². The number of hydrogen-bond acceptors (Lipinski definition) is 16. The predicted octanol–water partition coefficient (Wildman–Crippen LogP) is -4.43. The molecule has 3 rings (SSSR count). The van der Waals surface area contributed by atoms with Crippen LogP contribution in [0.15, 0.2) is 0 Å². The zero-order chi connectivity index (χ0) is 32.4. The molecule has 10 N–H and O–H groups in total. The first-order chi connectivity index (χ1) is 21.0. The molecule has 0 aliphatic carbocycles. The van der Waals surface area contributed by atoms with E-state index in [-0.39, 0.29) is 25.5 Å². The molecule has 0 radical (unpaired) electrons. The van der Waals surface area contributed by atoms with Crippen molar-refractivity contribution in [1.82, 2.24) is 5.32 Å². The van der Waals surface area contributed by atoms with E-state index in [0.29, 0.717) is 6.42 Å². The summed E-state index contributed by atoms with van der Waals surface area (Å²) in [5, 5.41) is 94.7. The first kappa shape index (κ1) is 37.3. The Bertz CT molecular complexity index is 840. The molecule has 3 aliphatic heterocycles. The topological polar surface area (TPSA) is 267 Å². The lowest BCUT2D eigenvalue weighted by molar-refractivity contribution is -0.364. The number of nitrogens with one attached hydrogen (secondary N) is 1. The standard InChI is InChI=1S/C27H49NO16/c1-2-3-4-5-6-17(32)28-7-8-39-26-23(38)24(44-27-22(37)21(36)19(34)15(11-30)42-27)20(35)16(43-26)12-40-25-18(33)14(31)9-13(10-29)41-25/h13-16,18-27,29-31,33-38H,2-12H2,1H3,(H,28,32)/t13-,14-,15+,16+,18-,19+,20+,21-,22-,23-,24-,25-,26-,27+/m0/s1. The summed E-state index contributed by atoms with van der Waals surface area (Å²) in [4.78, 5) is 12.1.